The highest BCUT2D eigenvalue weighted by atomic mass is 35.5. The molecule has 2 aromatic carbocycles. The number of benzene rings is 2. The smallest absolute Gasteiger partial charge is 0.341 e. The van der Waals surface area contributed by atoms with Crippen LogP contribution in [0.5, 0.6) is 0 Å². The van der Waals surface area contributed by atoms with Gasteiger partial charge in [0.2, 0.25) is 17.7 Å². The fourth-order valence-corrected chi connectivity index (χ4v) is 5.88. The second-order valence-electron chi connectivity index (χ2n) is 10.7. The van der Waals surface area contributed by atoms with Gasteiger partial charge in [-0.15, -0.1) is 0 Å². The van der Waals surface area contributed by atoms with Crippen molar-refractivity contribution in [1.29, 1.82) is 0 Å². The molecule has 4 amide bonds. The van der Waals surface area contributed by atoms with Crippen molar-refractivity contribution in [1.82, 2.24) is 15.1 Å². The molecule has 0 bridgehead atoms. The number of nitrogens with one attached hydrogen (secondary N) is 1. The fourth-order valence-electron chi connectivity index (χ4n) is 5.57. The Kier molecular flexibility index (Phi) is 8.44. The number of rotatable bonds is 5. The summed E-state index contributed by atoms with van der Waals surface area (Å²) in [6, 6.07) is 5.03. The van der Waals surface area contributed by atoms with Crippen LogP contribution < -0.4 is 5.32 Å². The number of piperidine rings is 1. The first kappa shape index (κ1) is 30.8. The van der Waals surface area contributed by atoms with Gasteiger partial charge in [0.15, 0.2) is 0 Å². The molecule has 0 saturated carbocycles. The van der Waals surface area contributed by atoms with E-state index in [0.717, 1.165) is 4.90 Å². The summed E-state index contributed by atoms with van der Waals surface area (Å²) in [6.07, 6.45) is -4.51. The van der Waals surface area contributed by atoms with Crippen molar-refractivity contribution in [2.75, 3.05) is 20.1 Å². The fraction of sp³-hybridized carbons (Fsp3) is 0.429. The zero-order chi connectivity index (χ0) is 30.4. The molecule has 7 nitrogen and oxygen atoms in total. The molecule has 1 N–H and O–H groups in total. The average molecular weight is 616 g/mol. The van der Waals surface area contributed by atoms with E-state index in [0.29, 0.717) is 28.8 Å². The van der Waals surface area contributed by atoms with Crippen LogP contribution in [0.1, 0.15) is 54.1 Å². The third-order valence-corrected chi connectivity index (χ3v) is 8.60. The van der Waals surface area contributed by atoms with Gasteiger partial charge in [-0.2, -0.15) is 13.2 Å². The van der Waals surface area contributed by atoms with Gasteiger partial charge < -0.3 is 10.2 Å². The largest absolute Gasteiger partial charge is 0.416 e. The normalized spacial score (nSPS) is 19.7. The molecule has 2 aromatic rings. The van der Waals surface area contributed by atoms with E-state index in [1.54, 1.807) is 32.0 Å². The summed E-state index contributed by atoms with van der Waals surface area (Å²) in [6.45, 7) is 3.40. The van der Waals surface area contributed by atoms with E-state index in [1.165, 1.54) is 11.9 Å². The Hall–Kier alpha value is -3.18. The lowest BCUT2D eigenvalue weighted by Gasteiger charge is -2.41. The Morgan fingerprint density at radius 1 is 1.02 bits per heavy atom. The van der Waals surface area contributed by atoms with Crippen LogP contribution in [-0.2, 0) is 20.6 Å². The highest BCUT2D eigenvalue weighted by Gasteiger charge is 2.59. The summed E-state index contributed by atoms with van der Waals surface area (Å²) in [5.74, 6) is -4.97. The number of carbonyl (C=O) groups excluding carboxylic acids is 4. The Labute approximate surface area is 243 Å². The zero-order valence-corrected chi connectivity index (χ0v) is 23.8. The number of hydrogen-bond acceptors (Lipinski definition) is 4. The number of alkyl halides is 3. The maximum atomic E-state index is 14.3. The van der Waals surface area contributed by atoms with Crippen LogP contribution in [0.4, 0.5) is 17.6 Å². The summed E-state index contributed by atoms with van der Waals surface area (Å²) >= 11 is 12.2. The summed E-state index contributed by atoms with van der Waals surface area (Å²) in [4.78, 5) is 55.4. The van der Waals surface area contributed by atoms with E-state index in [-0.39, 0.29) is 36.9 Å². The van der Waals surface area contributed by atoms with Crippen LogP contribution >= 0.6 is 23.2 Å². The van der Waals surface area contributed by atoms with Crippen molar-refractivity contribution in [3.8, 4) is 0 Å². The quantitative estimate of drug-likeness (QED) is 0.365. The van der Waals surface area contributed by atoms with Crippen molar-refractivity contribution in [3.63, 3.8) is 0 Å². The minimum absolute atomic E-state index is 0.0700. The van der Waals surface area contributed by atoms with Gasteiger partial charge in [0.25, 0.3) is 5.91 Å². The summed E-state index contributed by atoms with van der Waals surface area (Å²) in [5, 5.41) is 2.91. The van der Waals surface area contributed by atoms with Crippen LogP contribution in [0.2, 0.25) is 10.0 Å². The molecular formula is C28H27Cl2F4N3O4. The summed E-state index contributed by atoms with van der Waals surface area (Å²) in [5.41, 5.74) is -2.64. The second-order valence-corrected chi connectivity index (χ2v) is 11.5. The Balaban J connectivity index is 1.54. The monoisotopic (exact) mass is 615 g/mol. The van der Waals surface area contributed by atoms with E-state index in [1.807, 2.05) is 0 Å². The van der Waals surface area contributed by atoms with Crippen LogP contribution in [-0.4, -0.2) is 59.6 Å². The number of likely N-dealkylation sites (tertiary alicyclic amines) is 2. The van der Waals surface area contributed by atoms with Crippen LogP contribution in [0, 0.1) is 17.2 Å². The number of likely N-dealkylation sites (N-methyl/N-ethyl adjacent to an activating group) is 1. The van der Waals surface area contributed by atoms with Gasteiger partial charge in [-0.1, -0.05) is 43.1 Å². The number of amides is 4. The minimum atomic E-state index is -4.79. The predicted octanol–water partition coefficient (Wildman–Crippen LogP) is 5.30. The molecule has 220 valence electrons. The molecule has 2 aliphatic rings. The predicted molar refractivity (Wildman–Crippen MR) is 143 cm³/mol. The maximum absolute atomic E-state index is 14.3. The van der Waals surface area contributed by atoms with Gasteiger partial charge in [0.1, 0.15) is 11.9 Å². The molecule has 2 atom stereocenters. The van der Waals surface area contributed by atoms with Crippen molar-refractivity contribution in [2.45, 2.75) is 44.8 Å². The van der Waals surface area contributed by atoms with E-state index in [4.69, 9.17) is 23.2 Å². The number of hydrogen-bond donors (Lipinski definition) is 1. The molecule has 2 saturated heterocycles. The lowest BCUT2D eigenvalue weighted by Crippen LogP contribution is -2.55. The molecule has 1 spiro atoms. The van der Waals surface area contributed by atoms with Gasteiger partial charge in [-0.05, 0) is 54.7 Å². The lowest BCUT2D eigenvalue weighted by atomic mass is 9.67. The second kappa shape index (κ2) is 11.2. The van der Waals surface area contributed by atoms with Crippen molar-refractivity contribution >= 4 is 46.8 Å². The molecule has 4 rings (SSSR count). The molecule has 2 aliphatic heterocycles. The van der Waals surface area contributed by atoms with Crippen LogP contribution in [0.15, 0.2) is 36.4 Å². The third kappa shape index (κ3) is 5.66. The van der Waals surface area contributed by atoms with E-state index >= 15 is 0 Å². The van der Waals surface area contributed by atoms with Gasteiger partial charge in [-0.3, -0.25) is 24.1 Å². The van der Waals surface area contributed by atoms with Gasteiger partial charge in [0, 0.05) is 20.1 Å². The first-order valence-corrected chi connectivity index (χ1v) is 13.6. The molecule has 1 unspecified atom stereocenters. The molecule has 0 radical (unpaired) electrons. The van der Waals surface area contributed by atoms with Crippen LogP contribution in [0.3, 0.4) is 0 Å². The lowest BCUT2D eigenvalue weighted by molar-refractivity contribution is -0.144. The first-order valence-electron chi connectivity index (χ1n) is 12.8. The van der Waals surface area contributed by atoms with E-state index in [2.05, 4.69) is 5.32 Å². The average Bonchev–Trinajstić information content (AvgIpc) is 3.08. The van der Waals surface area contributed by atoms with Crippen molar-refractivity contribution in [3.05, 3.63) is 69.0 Å². The standard InChI is InChI=1S/C28H27Cl2F4N3O4/c1-14(2)22(35-23(38)17-13-16(28(32,33)34)5-7-20(17)31)25(40)37-10-8-27(9-11-37)21(24(39)36(3)26(27)41)15-4-6-18(29)19(30)12-15/h4-7,12-14,21-22H,8-11H2,1-3H3,(H,35,38)/t21?,22-/m1/s1. The van der Waals surface area contributed by atoms with Crippen molar-refractivity contribution < 1.29 is 36.7 Å². The SMILES string of the molecule is CC(C)[C@@H](NC(=O)c1cc(C(F)(F)F)ccc1F)C(=O)N1CCC2(CC1)C(=O)N(C)C(=O)C2c1ccc(Cl)c(Cl)c1. The highest BCUT2D eigenvalue weighted by molar-refractivity contribution is 6.42. The number of halogens is 6. The molecule has 0 aliphatic carbocycles. The zero-order valence-electron chi connectivity index (χ0n) is 22.3. The van der Waals surface area contributed by atoms with Crippen LogP contribution in [0.25, 0.3) is 0 Å². The van der Waals surface area contributed by atoms with Gasteiger partial charge in [-0.25, -0.2) is 4.39 Å². The molecule has 2 fully saturated rings. The summed E-state index contributed by atoms with van der Waals surface area (Å²) in [7, 11) is 1.40. The maximum Gasteiger partial charge on any atom is 0.416 e. The number of imide groups is 1. The molecule has 0 aromatic heterocycles. The Morgan fingerprint density at radius 2 is 1.66 bits per heavy atom. The first-order chi connectivity index (χ1) is 19.1. The molecule has 2 heterocycles. The van der Waals surface area contributed by atoms with Gasteiger partial charge >= 0.3 is 6.18 Å². The van der Waals surface area contributed by atoms with E-state index < -0.39 is 64.1 Å². The Bertz CT molecular complexity index is 1410. The minimum Gasteiger partial charge on any atom is -0.341 e. The third-order valence-electron chi connectivity index (χ3n) is 7.86. The number of carbonyl (C=O) groups is 4. The Morgan fingerprint density at radius 3 is 2.22 bits per heavy atom. The number of nitrogens with zero attached hydrogens (tertiary/aromatic N) is 2. The molecular weight excluding hydrogens is 589 g/mol. The molecule has 41 heavy (non-hydrogen) atoms. The van der Waals surface area contributed by atoms with E-state index in [9.17, 15) is 36.7 Å². The van der Waals surface area contributed by atoms with Crippen molar-refractivity contribution in [2.24, 2.45) is 11.3 Å². The van der Waals surface area contributed by atoms with Gasteiger partial charge in [0.05, 0.1) is 32.5 Å². The molecule has 13 heteroatoms. The topological polar surface area (TPSA) is 86.8 Å². The summed E-state index contributed by atoms with van der Waals surface area (Å²) < 4.78 is 53.7. The highest BCUT2D eigenvalue weighted by Crippen LogP contribution is 2.51.